The van der Waals surface area contributed by atoms with Gasteiger partial charge in [0.05, 0.1) is 11.1 Å². The van der Waals surface area contributed by atoms with Crippen molar-refractivity contribution >= 4 is 11.9 Å². The van der Waals surface area contributed by atoms with E-state index in [1.54, 1.807) is 25.2 Å². The molecule has 0 radical (unpaired) electrons. The fraction of sp³-hybridized carbons (Fsp3) is 0.435. The van der Waals surface area contributed by atoms with Crippen LogP contribution in [0.5, 0.6) is 5.75 Å². The lowest BCUT2D eigenvalue weighted by Crippen LogP contribution is -2.48. The summed E-state index contributed by atoms with van der Waals surface area (Å²) in [4.78, 5) is 30.7. The van der Waals surface area contributed by atoms with Crippen molar-refractivity contribution in [3.8, 4) is 5.75 Å². The Kier molecular flexibility index (Phi) is 7.27. The normalized spacial score (nSPS) is 14.7. The van der Waals surface area contributed by atoms with Crippen molar-refractivity contribution in [2.24, 2.45) is 5.41 Å². The topological polar surface area (TPSA) is 83.6 Å². The summed E-state index contributed by atoms with van der Waals surface area (Å²) in [7, 11) is 3.54. The number of carbonyl (C=O) groups excluding carboxylic acids is 2. The Morgan fingerprint density at radius 1 is 1.07 bits per heavy atom. The summed E-state index contributed by atoms with van der Waals surface area (Å²) < 4.78 is 5.72. The highest BCUT2D eigenvalue weighted by Crippen LogP contribution is 2.38. The van der Waals surface area contributed by atoms with E-state index in [0.717, 1.165) is 42.7 Å². The number of carbonyl (C=O) groups is 2. The summed E-state index contributed by atoms with van der Waals surface area (Å²) in [6.45, 7) is 1.19. The maximum atomic E-state index is 12.6. The van der Waals surface area contributed by atoms with Gasteiger partial charge in [0.25, 0.3) is 0 Å². The van der Waals surface area contributed by atoms with Crippen molar-refractivity contribution < 1.29 is 14.3 Å². The second kappa shape index (κ2) is 10.1. The first-order valence-corrected chi connectivity index (χ1v) is 10.3. The highest BCUT2D eigenvalue weighted by Gasteiger charge is 2.42. The molecule has 1 aromatic heterocycles. The van der Waals surface area contributed by atoms with E-state index in [4.69, 9.17) is 4.74 Å². The molecule has 0 unspecified atom stereocenters. The Morgan fingerprint density at radius 2 is 1.80 bits per heavy atom. The SMILES string of the molecule is CN(C)C(=O)C1(CNC(=O)NCc2ccc(OCc3ccccn3)cc2)CCCC1. The van der Waals surface area contributed by atoms with Crippen LogP contribution in [0.1, 0.15) is 36.9 Å². The molecule has 1 saturated carbocycles. The van der Waals surface area contributed by atoms with Crippen LogP contribution < -0.4 is 15.4 Å². The Morgan fingerprint density at radius 3 is 2.43 bits per heavy atom. The zero-order chi connectivity index (χ0) is 21.4. The van der Waals surface area contributed by atoms with Crippen molar-refractivity contribution in [3.63, 3.8) is 0 Å². The second-order valence-corrected chi connectivity index (χ2v) is 7.98. The van der Waals surface area contributed by atoms with Crippen LogP contribution in [0.25, 0.3) is 0 Å². The van der Waals surface area contributed by atoms with Crippen LogP contribution in [0.3, 0.4) is 0 Å². The monoisotopic (exact) mass is 410 g/mol. The maximum absolute atomic E-state index is 12.6. The summed E-state index contributed by atoms with van der Waals surface area (Å²) in [6, 6.07) is 13.0. The van der Waals surface area contributed by atoms with Gasteiger partial charge in [-0.2, -0.15) is 0 Å². The fourth-order valence-corrected chi connectivity index (χ4v) is 3.83. The Labute approximate surface area is 177 Å². The van der Waals surface area contributed by atoms with Crippen LogP contribution >= 0.6 is 0 Å². The molecule has 3 amide bonds. The van der Waals surface area contributed by atoms with E-state index in [0.29, 0.717) is 19.7 Å². The summed E-state index contributed by atoms with van der Waals surface area (Å²) in [5.74, 6) is 0.848. The van der Waals surface area contributed by atoms with E-state index in [-0.39, 0.29) is 11.9 Å². The van der Waals surface area contributed by atoms with Gasteiger partial charge in [-0.1, -0.05) is 31.0 Å². The Hall–Kier alpha value is -3.09. The van der Waals surface area contributed by atoms with Crippen molar-refractivity contribution in [1.29, 1.82) is 0 Å². The van der Waals surface area contributed by atoms with Gasteiger partial charge in [-0.3, -0.25) is 9.78 Å². The highest BCUT2D eigenvalue weighted by molar-refractivity contribution is 5.84. The molecule has 1 aliphatic rings. The van der Waals surface area contributed by atoms with Gasteiger partial charge in [-0.05, 0) is 42.7 Å². The van der Waals surface area contributed by atoms with Crippen LogP contribution in [0.2, 0.25) is 0 Å². The van der Waals surface area contributed by atoms with Gasteiger partial charge in [0.15, 0.2) is 0 Å². The van der Waals surface area contributed by atoms with Gasteiger partial charge in [0, 0.05) is 33.4 Å². The van der Waals surface area contributed by atoms with Crippen molar-refractivity contribution in [1.82, 2.24) is 20.5 Å². The zero-order valence-electron chi connectivity index (χ0n) is 17.7. The van der Waals surface area contributed by atoms with Gasteiger partial charge < -0.3 is 20.3 Å². The molecular formula is C23H30N4O3. The second-order valence-electron chi connectivity index (χ2n) is 7.98. The number of pyridine rings is 1. The minimum atomic E-state index is -0.465. The van der Waals surface area contributed by atoms with E-state index in [1.165, 1.54) is 0 Å². The molecule has 7 heteroatoms. The molecule has 0 spiro atoms. The van der Waals surface area contributed by atoms with Gasteiger partial charge in [-0.15, -0.1) is 0 Å². The molecule has 1 aliphatic carbocycles. The van der Waals surface area contributed by atoms with Crippen LogP contribution in [0, 0.1) is 5.41 Å². The largest absolute Gasteiger partial charge is 0.487 e. The number of urea groups is 1. The van der Waals surface area contributed by atoms with Gasteiger partial charge >= 0.3 is 6.03 Å². The molecular weight excluding hydrogens is 380 g/mol. The van der Waals surface area contributed by atoms with Crippen LogP contribution in [-0.2, 0) is 17.9 Å². The average molecular weight is 411 g/mol. The minimum Gasteiger partial charge on any atom is -0.487 e. The summed E-state index contributed by atoms with van der Waals surface area (Å²) >= 11 is 0. The summed E-state index contributed by atoms with van der Waals surface area (Å²) in [6.07, 6.45) is 5.44. The standard InChI is InChI=1S/C23H30N4O3/c1-27(2)21(28)23(12-4-5-13-23)17-26-22(29)25-15-18-8-10-20(11-9-18)30-16-19-7-3-6-14-24-19/h3,6-11,14H,4-5,12-13,15-17H2,1-2H3,(H2,25,26,29). The molecule has 2 N–H and O–H groups in total. The molecule has 1 heterocycles. The van der Waals surface area contributed by atoms with Crippen LogP contribution in [0.4, 0.5) is 4.79 Å². The van der Waals surface area contributed by atoms with Crippen molar-refractivity contribution in [2.75, 3.05) is 20.6 Å². The van der Waals surface area contributed by atoms with Gasteiger partial charge in [0.2, 0.25) is 5.91 Å². The zero-order valence-corrected chi connectivity index (χ0v) is 17.7. The molecule has 30 heavy (non-hydrogen) atoms. The molecule has 2 aromatic rings. The molecule has 7 nitrogen and oxygen atoms in total. The van der Waals surface area contributed by atoms with Crippen molar-refractivity contribution in [3.05, 3.63) is 59.9 Å². The highest BCUT2D eigenvalue weighted by atomic mass is 16.5. The third-order valence-corrected chi connectivity index (χ3v) is 5.50. The Bertz CT molecular complexity index is 831. The van der Waals surface area contributed by atoms with E-state index in [2.05, 4.69) is 15.6 Å². The quantitative estimate of drug-likeness (QED) is 0.700. The number of benzene rings is 1. The molecule has 0 atom stereocenters. The average Bonchev–Trinajstić information content (AvgIpc) is 3.26. The molecule has 160 valence electrons. The third-order valence-electron chi connectivity index (χ3n) is 5.50. The number of nitrogens with one attached hydrogen (secondary N) is 2. The number of hydrogen-bond acceptors (Lipinski definition) is 4. The van der Waals surface area contributed by atoms with E-state index in [9.17, 15) is 9.59 Å². The van der Waals surface area contributed by atoms with Crippen molar-refractivity contribution in [2.45, 2.75) is 38.8 Å². The summed E-state index contributed by atoms with van der Waals surface area (Å²) in [5, 5.41) is 5.75. The first kappa shape index (κ1) is 21.6. The Balaban J connectivity index is 1.43. The first-order valence-electron chi connectivity index (χ1n) is 10.3. The molecule has 1 fully saturated rings. The lowest BCUT2D eigenvalue weighted by molar-refractivity contribution is -0.138. The lowest BCUT2D eigenvalue weighted by Gasteiger charge is -2.30. The molecule has 3 rings (SSSR count). The number of nitrogens with zero attached hydrogens (tertiary/aromatic N) is 2. The molecule has 1 aromatic carbocycles. The third kappa shape index (κ3) is 5.72. The predicted molar refractivity (Wildman–Crippen MR) is 115 cm³/mol. The first-order chi connectivity index (χ1) is 14.5. The maximum Gasteiger partial charge on any atom is 0.315 e. The molecule has 0 saturated heterocycles. The number of ether oxygens (including phenoxy) is 1. The number of amides is 3. The molecule has 0 bridgehead atoms. The number of aromatic nitrogens is 1. The predicted octanol–water partition coefficient (Wildman–Crippen LogP) is 3.11. The number of hydrogen-bond donors (Lipinski definition) is 2. The number of rotatable bonds is 8. The van der Waals surface area contributed by atoms with Crippen LogP contribution in [-0.4, -0.2) is 42.5 Å². The van der Waals surface area contributed by atoms with Gasteiger partial charge in [0.1, 0.15) is 12.4 Å². The van der Waals surface area contributed by atoms with E-state index < -0.39 is 5.41 Å². The van der Waals surface area contributed by atoms with Gasteiger partial charge in [-0.25, -0.2) is 4.79 Å². The lowest BCUT2D eigenvalue weighted by atomic mass is 9.84. The fourth-order valence-electron chi connectivity index (χ4n) is 3.83. The van der Waals surface area contributed by atoms with E-state index in [1.807, 2.05) is 42.5 Å². The smallest absolute Gasteiger partial charge is 0.315 e. The van der Waals surface area contributed by atoms with Crippen LogP contribution in [0.15, 0.2) is 48.7 Å². The van der Waals surface area contributed by atoms with E-state index >= 15 is 0 Å². The summed E-state index contributed by atoms with van der Waals surface area (Å²) in [5.41, 5.74) is 1.37. The minimum absolute atomic E-state index is 0.0987. The molecule has 0 aliphatic heterocycles.